The number of aliphatic carboxylic acids is 1. The van der Waals surface area contributed by atoms with E-state index in [9.17, 15) is 26.0 Å². The Bertz CT molecular complexity index is 895. The number of carboxylic acid groups (broad SMARTS) is 1. The van der Waals surface area contributed by atoms with Gasteiger partial charge in [-0.05, 0) is 25.7 Å². The van der Waals surface area contributed by atoms with Crippen molar-refractivity contribution in [3.05, 3.63) is 18.2 Å². The van der Waals surface area contributed by atoms with Crippen molar-refractivity contribution in [2.75, 3.05) is 25.0 Å². The molecule has 1 aromatic rings. The van der Waals surface area contributed by atoms with Gasteiger partial charge >= 0.3 is 12.1 Å². The second kappa shape index (κ2) is 8.82. The van der Waals surface area contributed by atoms with Gasteiger partial charge in [-0.15, -0.1) is 0 Å². The lowest BCUT2D eigenvalue weighted by Gasteiger charge is -2.39. The van der Waals surface area contributed by atoms with E-state index in [1.54, 1.807) is 4.31 Å². The predicted molar refractivity (Wildman–Crippen MR) is 99.1 cm³/mol. The molecule has 2 atom stereocenters. The Morgan fingerprint density at radius 3 is 2.45 bits per heavy atom. The van der Waals surface area contributed by atoms with Crippen molar-refractivity contribution in [2.45, 2.75) is 55.2 Å². The second-order valence-electron chi connectivity index (χ2n) is 7.75. The van der Waals surface area contributed by atoms with Crippen LogP contribution in [-0.4, -0.2) is 76.5 Å². The standard InChI is InChI=1S/C15H21FN4O3S.C2HF3O2/c16-11-7-17-14(18-8-11)19-12-6-15(23-9-12)4-1-5-20(10-15)24(21,22)13-2-3-13;3-2(4,5)1(6)7/h7-8,12-13H,1-6,9-10H2,(H,17,18,19);(H,6,7). The van der Waals surface area contributed by atoms with Gasteiger partial charge in [-0.3, -0.25) is 0 Å². The van der Waals surface area contributed by atoms with Crippen LogP contribution in [0.15, 0.2) is 12.4 Å². The maximum Gasteiger partial charge on any atom is 0.490 e. The van der Waals surface area contributed by atoms with E-state index in [2.05, 4.69) is 15.3 Å². The van der Waals surface area contributed by atoms with Crippen molar-refractivity contribution in [1.82, 2.24) is 14.3 Å². The highest BCUT2D eigenvalue weighted by Crippen LogP contribution is 2.39. The average molecular weight is 470 g/mol. The molecule has 0 bridgehead atoms. The van der Waals surface area contributed by atoms with Gasteiger partial charge in [0.05, 0.1) is 35.9 Å². The summed E-state index contributed by atoms with van der Waals surface area (Å²) in [5, 5.41) is 10.1. The number of carboxylic acids is 1. The summed E-state index contributed by atoms with van der Waals surface area (Å²) in [4.78, 5) is 16.7. The summed E-state index contributed by atoms with van der Waals surface area (Å²) >= 11 is 0. The number of hydrogen-bond acceptors (Lipinski definition) is 7. The molecule has 3 fully saturated rings. The molecule has 2 aliphatic heterocycles. The monoisotopic (exact) mass is 470 g/mol. The van der Waals surface area contributed by atoms with Crippen molar-refractivity contribution >= 4 is 21.9 Å². The van der Waals surface area contributed by atoms with Gasteiger partial charge in [0.15, 0.2) is 5.82 Å². The van der Waals surface area contributed by atoms with Crippen LogP contribution in [0.25, 0.3) is 0 Å². The number of rotatable bonds is 4. The zero-order valence-corrected chi connectivity index (χ0v) is 17.1. The highest BCUT2D eigenvalue weighted by Gasteiger charge is 2.49. The Labute approximate surface area is 175 Å². The normalized spacial score (nSPS) is 26.9. The van der Waals surface area contributed by atoms with E-state index in [0.717, 1.165) is 38.1 Å². The number of halogens is 4. The molecule has 2 saturated heterocycles. The van der Waals surface area contributed by atoms with E-state index in [1.807, 2.05) is 0 Å². The first-order valence-corrected chi connectivity index (χ1v) is 11.1. The van der Waals surface area contributed by atoms with Crippen LogP contribution in [0.3, 0.4) is 0 Å². The molecular weight excluding hydrogens is 448 g/mol. The fourth-order valence-electron chi connectivity index (χ4n) is 3.64. The smallest absolute Gasteiger partial charge is 0.475 e. The first-order valence-electron chi connectivity index (χ1n) is 9.58. The zero-order chi connectivity index (χ0) is 22.9. The Morgan fingerprint density at radius 1 is 1.29 bits per heavy atom. The number of aromatic nitrogens is 2. The van der Waals surface area contributed by atoms with E-state index < -0.39 is 33.6 Å². The van der Waals surface area contributed by atoms with Crippen LogP contribution in [0.1, 0.15) is 32.1 Å². The van der Waals surface area contributed by atoms with Crippen LogP contribution in [-0.2, 0) is 19.6 Å². The molecule has 2 unspecified atom stereocenters. The third-order valence-electron chi connectivity index (χ3n) is 5.22. The van der Waals surface area contributed by atoms with Gasteiger partial charge in [0.25, 0.3) is 0 Å². The lowest BCUT2D eigenvalue weighted by molar-refractivity contribution is -0.192. The van der Waals surface area contributed by atoms with E-state index >= 15 is 0 Å². The Morgan fingerprint density at radius 2 is 1.90 bits per heavy atom. The SMILES string of the molecule is O=C(O)C(F)(F)F.O=S(=O)(C1CC1)N1CCCC2(CC(Nc3ncc(F)cn3)CO2)C1. The highest BCUT2D eigenvalue weighted by molar-refractivity contribution is 7.90. The van der Waals surface area contributed by atoms with Crippen molar-refractivity contribution in [1.29, 1.82) is 0 Å². The fraction of sp³-hybridized carbons (Fsp3) is 0.706. The van der Waals surface area contributed by atoms with Crippen molar-refractivity contribution in [3.63, 3.8) is 0 Å². The summed E-state index contributed by atoms with van der Waals surface area (Å²) in [6.07, 6.45) is 1.07. The molecular formula is C17H22F4N4O5S. The largest absolute Gasteiger partial charge is 0.490 e. The number of carbonyl (C=O) groups is 1. The van der Waals surface area contributed by atoms with E-state index in [0.29, 0.717) is 32.1 Å². The Hall–Kier alpha value is -2.06. The van der Waals surface area contributed by atoms with E-state index in [-0.39, 0.29) is 11.3 Å². The van der Waals surface area contributed by atoms with Crippen LogP contribution in [0, 0.1) is 5.82 Å². The molecule has 9 nitrogen and oxygen atoms in total. The molecule has 4 rings (SSSR count). The lowest BCUT2D eigenvalue weighted by Crippen LogP contribution is -2.51. The van der Waals surface area contributed by atoms with Crippen LogP contribution in [0.4, 0.5) is 23.5 Å². The summed E-state index contributed by atoms with van der Waals surface area (Å²) in [6.45, 7) is 1.48. The summed E-state index contributed by atoms with van der Waals surface area (Å²) in [6, 6.07) is -0.000889. The first-order chi connectivity index (χ1) is 14.4. The predicted octanol–water partition coefficient (Wildman–Crippen LogP) is 1.78. The minimum absolute atomic E-state index is 0.000889. The minimum Gasteiger partial charge on any atom is -0.475 e. The van der Waals surface area contributed by atoms with Crippen LogP contribution >= 0.6 is 0 Å². The highest BCUT2D eigenvalue weighted by atomic mass is 32.2. The number of anilines is 1. The van der Waals surface area contributed by atoms with Gasteiger partial charge in [-0.2, -0.15) is 17.5 Å². The molecule has 3 aliphatic rings. The molecule has 0 amide bonds. The van der Waals surface area contributed by atoms with E-state index in [1.165, 1.54) is 0 Å². The maximum absolute atomic E-state index is 12.9. The van der Waals surface area contributed by atoms with Gasteiger partial charge < -0.3 is 15.2 Å². The van der Waals surface area contributed by atoms with Crippen molar-refractivity contribution in [3.8, 4) is 0 Å². The number of hydrogen-bond donors (Lipinski definition) is 2. The van der Waals surface area contributed by atoms with Crippen LogP contribution < -0.4 is 5.32 Å². The van der Waals surface area contributed by atoms with E-state index in [4.69, 9.17) is 14.6 Å². The Kier molecular flexibility index (Phi) is 6.72. The molecule has 1 spiro atoms. The van der Waals surface area contributed by atoms with Gasteiger partial charge in [0.2, 0.25) is 16.0 Å². The zero-order valence-electron chi connectivity index (χ0n) is 16.3. The summed E-state index contributed by atoms with van der Waals surface area (Å²) < 4.78 is 77.2. The van der Waals surface area contributed by atoms with Gasteiger partial charge in [-0.25, -0.2) is 27.6 Å². The first kappa shape index (κ1) is 23.6. The summed E-state index contributed by atoms with van der Waals surface area (Å²) in [7, 11) is -3.17. The van der Waals surface area contributed by atoms with Gasteiger partial charge in [-0.1, -0.05) is 0 Å². The number of piperidine rings is 1. The maximum atomic E-state index is 12.9. The number of ether oxygens (including phenoxy) is 1. The second-order valence-corrected chi connectivity index (χ2v) is 9.96. The summed E-state index contributed by atoms with van der Waals surface area (Å²) in [5.41, 5.74) is -0.433. The molecule has 1 aliphatic carbocycles. The average Bonchev–Trinajstić information content (AvgIpc) is 3.49. The quantitative estimate of drug-likeness (QED) is 0.639. The number of nitrogens with one attached hydrogen (secondary N) is 1. The molecule has 3 heterocycles. The van der Waals surface area contributed by atoms with Crippen LogP contribution in [0.2, 0.25) is 0 Å². The fourth-order valence-corrected chi connectivity index (χ4v) is 5.59. The number of nitrogens with zero attached hydrogens (tertiary/aromatic N) is 3. The molecule has 0 radical (unpaired) electrons. The van der Waals surface area contributed by atoms with Gasteiger partial charge in [0, 0.05) is 19.5 Å². The molecule has 14 heteroatoms. The number of alkyl halides is 3. The molecule has 174 valence electrons. The van der Waals surface area contributed by atoms with Crippen molar-refractivity contribution in [2.24, 2.45) is 0 Å². The number of sulfonamides is 1. The summed E-state index contributed by atoms with van der Waals surface area (Å²) in [5.74, 6) is -2.87. The third kappa shape index (κ3) is 6.01. The van der Waals surface area contributed by atoms with Crippen molar-refractivity contribution < 1.29 is 40.6 Å². The van der Waals surface area contributed by atoms with Gasteiger partial charge in [0.1, 0.15) is 0 Å². The topological polar surface area (TPSA) is 122 Å². The molecule has 2 N–H and O–H groups in total. The molecule has 1 saturated carbocycles. The lowest BCUT2D eigenvalue weighted by atomic mass is 9.90. The minimum atomic E-state index is -5.08. The molecule has 31 heavy (non-hydrogen) atoms. The molecule has 1 aromatic heterocycles. The van der Waals surface area contributed by atoms with Crippen LogP contribution in [0.5, 0.6) is 0 Å². The third-order valence-corrected chi connectivity index (χ3v) is 7.56. The molecule has 0 aromatic carbocycles. The Balaban J connectivity index is 0.000000339.